The zero-order valence-electron chi connectivity index (χ0n) is 11.9. The molecule has 0 unspecified atom stereocenters. The molecule has 22 heavy (non-hydrogen) atoms. The summed E-state index contributed by atoms with van der Waals surface area (Å²) >= 11 is 3.32. The van der Waals surface area contributed by atoms with E-state index in [0.29, 0.717) is 31.1 Å². The highest BCUT2D eigenvalue weighted by atomic mass is 79.9. The summed E-state index contributed by atoms with van der Waals surface area (Å²) in [5.41, 5.74) is 0. The monoisotopic (exact) mass is 381 g/mol. The van der Waals surface area contributed by atoms with Crippen LogP contribution >= 0.6 is 15.9 Å². The van der Waals surface area contributed by atoms with E-state index in [1.54, 1.807) is 24.4 Å². The van der Waals surface area contributed by atoms with Crippen LogP contribution < -0.4 is 4.90 Å². The molecule has 0 N–H and O–H groups in total. The lowest BCUT2D eigenvalue weighted by molar-refractivity contribution is 0.384. The minimum absolute atomic E-state index is 0.327. The number of halogens is 1. The highest BCUT2D eigenvalue weighted by Gasteiger charge is 2.28. The average molecular weight is 382 g/mol. The number of aromatic nitrogens is 1. The zero-order valence-corrected chi connectivity index (χ0v) is 14.3. The number of anilines is 1. The first kappa shape index (κ1) is 15.5. The molecule has 0 radical (unpaired) electrons. The van der Waals surface area contributed by atoms with Crippen molar-refractivity contribution in [3.63, 3.8) is 0 Å². The van der Waals surface area contributed by atoms with Gasteiger partial charge in [-0.25, -0.2) is 13.4 Å². The van der Waals surface area contributed by atoms with Gasteiger partial charge in [0, 0.05) is 36.8 Å². The van der Waals surface area contributed by atoms with Gasteiger partial charge in [0.2, 0.25) is 10.0 Å². The topological polar surface area (TPSA) is 53.5 Å². The van der Waals surface area contributed by atoms with Crippen LogP contribution in [0.2, 0.25) is 0 Å². The molecule has 0 atom stereocenters. The lowest BCUT2D eigenvalue weighted by atomic mass is 10.3. The Labute approximate surface area is 138 Å². The van der Waals surface area contributed by atoms with E-state index in [4.69, 9.17) is 0 Å². The molecule has 1 aromatic heterocycles. The average Bonchev–Trinajstić information content (AvgIpc) is 2.56. The molecule has 0 bridgehead atoms. The maximum atomic E-state index is 12.7. The Kier molecular flexibility index (Phi) is 4.46. The molecule has 2 heterocycles. The Morgan fingerprint density at radius 2 is 1.77 bits per heavy atom. The number of rotatable bonds is 3. The standard InChI is InChI=1S/C15H16BrN3O2S/c16-13-4-3-5-14(12-13)22(20,21)19-10-8-18(9-11-19)15-6-1-2-7-17-15/h1-7,12H,8-11H2. The van der Waals surface area contributed by atoms with Gasteiger partial charge in [0.25, 0.3) is 0 Å². The Morgan fingerprint density at radius 1 is 1.00 bits per heavy atom. The van der Waals surface area contributed by atoms with Crippen LogP contribution in [0.25, 0.3) is 0 Å². The molecule has 3 rings (SSSR count). The third-order valence-corrected chi connectivity index (χ3v) is 6.03. The molecule has 1 aromatic carbocycles. The van der Waals surface area contributed by atoms with Crippen molar-refractivity contribution >= 4 is 31.8 Å². The van der Waals surface area contributed by atoms with Gasteiger partial charge in [-0.2, -0.15) is 4.31 Å². The predicted octanol–water partition coefficient (Wildman–Crippen LogP) is 2.36. The molecular formula is C15H16BrN3O2S. The number of pyridine rings is 1. The summed E-state index contributed by atoms with van der Waals surface area (Å²) in [6, 6.07) is 12.6. The highest BCUT2D eigenvalue weighted by molar-refractivity contribution is 9.10. The van der Waals surface area contributed by atoms with Crippen LogP contribution in [0.4, 0.5) is 5.82 Å². The summed E-state index contributed by atoms with van der Waals surface area (Å²) in [5.74, 6) is 0.891. The summed E-state index contributed by atoms with van der Waals surface area (Å²) in [5, 5.41) is 0. The van der Waals surface area contributed by atoms with Gasteiger partial charge < -0.3 is 4.90 Å². The smallest absolute Gasteiger partial charge is 0.243 e. The summed E-state index contributed by atoms with van der Waals surface area (Å²) in [7, 11) is -3.43. The minimum Gasteiger partial charge on any atom is -0.354 e. The maximum absolute atomic E-state index is 12.7. The largest absolute Gasteiger partial charge is 0.354 e. The Bertz CT molecular complexity index is 744. The first-order valence-electron chi connectivity index (χ1n) is 6.99. The minimum atomic E-state index is -3.43. The van der Waals surface area contributed by atoms with E-state index in [1.807, 2.05) is 24.3 Å². The van der Waals surface area contributed by atoms with Crippen molar-refractivity contribution in [1.82, 2.24) is 9.29 Å². The fourth-order valence-corrected chi connectivity index (χ4v) is 4.49. The molecule has 5 nitrogen and oxygen atoms in total. The molecule has 0 aliphatic carbocycles. The number of nitrogens with zero attached hydrogens (tertiary/aromatic N) is 3. The van der Waals surface area contributed by atoms with Crippen molar-refractivity contribution in [1.29, 1.82) is 0 Å². The Balaban J connectivity index is 1.73. The molecule has 1 aliphatic heterocycles. The highest BCUT2D eigenvalue weighted by Crippen LogP contribution is 2.22. The molecular weight excluding hydrogens is 366 g/mol. The Morgan fingerprint density at radius 3 is 2.41 bits per heavy atom. The van der Waals surface area contributed by atoms with E-state index in [1.165, 1.54) is 4.31 Å². The summed E-state index contributed by atoms with van der Waals surface area (Å²) < 4.78 is 27.6. The van der Waals surface area contributed by atoms with Crippen molar-refractivity contribution in [2.75, 3.05) is 31.1 Å². The van der Waals surface area contributed by atoms with Crippen molar-refractivity contribution in [2.45, 2.75) is 4.90 Å². The van der Waals surface area contributed by atoms with Crippen LogP contribution in [0, 0.1) is 0 Å². The number of hydrogen-bond donors (Lipinski definition) is 0. The van der Waals surface area contributed by atoms with E-state index in [0.717, 1.165) is 10.3 Å². The van der Waals surface area contributed by atoms with Crippen molar-refractivity contribution in [3.05, 3.63) is 53.1 Å². The quantitative estimate of drug-likeness (QED) is 0.818. The van der Waals surface area contributed by atoms with Crippen LogP contribution in [-0.4, -0.2) is 43.9 Å². The van der Waals surface area contributed by atoms with Gasteiger partial charge in [-0.3, -0.25) is 0 Å². The van der Waals surface area contributed by atoms with E-state index < -0.39 is 10.0 Å². The second kappa shape index (κ2) is 6.36. The zero-order chi connectivity index (χ0) is 15.6. The van der Waals surface area contributed by atoms with Gasteiger partial charge >= 0.3 is 0 Å². The fraction of sp³-hybridized carbons (Fsp3) is 0.267. The normalized spacial score (nSPS) is 16.7. The number of benzene rings is 1. The van der Waals surface area contributed by atoms with Gasteiger partial charge in [0.15, 0.2) is 0 Å². The van der Waals surface area contributed by atoms with Gasteiger partial charge in [-0.1, -0.05) is 28.1 Å². The van der Waals surface area contributed by atoms with Gasteiger partial charge in [-0.05, 0) is 30.3 Å². The van der Waals surface area contributed by atoms with Gasteiger partial charge in [0.1, 0.15) is 5.82 Å². The van der Waals surface area contributed by atoms with E-state index >= 15 is 0 Å². The second-order valence-electron chi connectivity index (χ2n) is 5.04. The maximum Gasteiger partial charge on any atom is 0.243 e. The molecule has 1 saturated heterocycles. The van der Waals surface area contributed by atoms with Crippen LogP contribution in [0.3, 0.4) is 0 Å². The van der Waals surface area contributed by atoms with Gasteiger partial charge in [-0.15, -0.1) is 0 Å². The second-order valence-corrected chi connectivity index (χ2v) is 7.89. The molecule has 1 aliphatic rings. The number of sulfonamides is 1. The molecule has 0 amide bonds. The van der Waals surface area contributed by atoms with Gasteiger partial charge in [0.05, 0.1) is 4.90 Å². The summed E-state index contributed by atoms with van der Waals surface area (Å²) in [4.78, 5) is 6.74. The van der Waals surface area contributed by atoms with Crippen LogP contribution in [0.15, 0.2) is 58.0 Å². The van der Waals surface area contributed by atoms with Crippen LogP contribution in [0.1, 0.15) is 0 Å². The van der Waals surface area contributed by atoms with Crippen molar-refractivity contribution in [3.8, 4) is 0 Å². The molecule has 7 heteroatoms. The number of piperazine rings is 1. The van der Waals surface area contributed by atoms with E-state index in [-0.39, 0.29) is 0 Å². The third kappa shape index (κ3) is 3.16. The Hall–Kier alpha value is -1.44. The van der Waals surface area contributed by atoms with Crippen molar-refractivity contribution < 1.29 is 8.42 Å². The van der Waals surface area contributed by atoms with Crippen LogP contribution in [-0.2, 0) is 10.0 Å². The number of hydrogen-bond acceptors (Lipinski definition) is 4. The lowest BCUT2D eigenvalue weighted by Gasteiger charge is -2.34. The first-order chi connectivity index (χ1) is 10.6. The van der Waals surface area contributed by atoms with Crippen LogP contribution in [0.5, 0.6) is 0 Å². The molecule has 1 fully saturated rings. The molecule has 116 valence electrons. The lowest BCUT2D eigenvalue weighted by Crippen LogP contribution is -2.48. The SMILES string of the molecule is O=S(=O)(c1cccc(Br)c1)N1CCN(c2ccccn2)CC1. The molecule has 0 spiro atoms. The first-order valence-corrected chi connectivity index (χ1v) is 9.22. The molecule has 2 aromatic rings. The summed E-state index contributed by atoms with van der Waals surface area (Å²) in [6.07, 6.45) is 1.75. The fourth-order valence-electron chi connectivity index (χ4n) is 2.47. The summed E-state index contributed by atoms with van der Waals surface area (Å²) in [6.45, 7) is 2.21. The predicted molar refractivity (Wildman–Crippen MR) is 89.4 cm³/mol. The van der Waals surface area contributed by atoms with E-state index in [2.05, 4.69) is 25.8 Å². The van der Waals surface area contributed by atoms with Crippen molar-refractivity contribution in [2.24, 2.45) is 0 Å². The molecule has 0 saturated carbocycles. The van der Waals surface area contributed by atoms with E-state index in [9.17, 15) is 8.42 Å². The third-order valence-electron chi connectivity index (χ3n) is 3.65.